The zero-order chi connectivity index (χ0) is 20.3. The number of fused-ring (bicyclic) bond motifs is 1. The van der Waals surface area contributed by atoms with Gasteiger partial charge in [-0.15, -0.1) is 0 Å². The molecule has 0 saturated carbocycles. The van der Waals surface area contributed by atoms with Gasteiger partial charge in [0.2, 0.25) is 5.91 Å². The Balaban J connectivity index is 1.66. The molecule has 1 atom stereocenters. The number of amides is 1. The molecule has 1 aromatic carbocycles. The van der Waals surface area contributed by atoms with E-state index in [1.54, 1.807) is 0 Å². The van der Waals surface area contributed by atoms with E-state index in [4.69, 9.17) is 0 Å². The van der Waals surface area contributed by atoms with Crippen LogP contribution in [-0.4, -0.2) is 26.6 Å². The quantitative estimate of drug-likeness (QED) is 0.492. The van der Waals surface area contributed by atoms with E-state index >= 15 is 0 Å². The summed E-state index contributed by atoms with van der Waals surface area (Å²) in [4.78, 5) is 36.1. The monoisotopic (exact) mass is 396 g/mol. The van der Waals surface area contributed by atoms with Crippen LogP contribution in [-0.2, 0) is 11.2 Å². The summed E-state index contributed by atoms with van der Waals surface area (Å²) in [5, 5.41) is 3.86. The average molecular weight is 397 g/mol. The lowest BCUT2D eigenvalue weighted by Crippen LogP contribution is -2.28. The Morgan fingerprint density at radius 3 is 2.61 bits per heavy atom. The number of carbonyl (C=O) groups is 1. The molecular formula is C21H24N4O2S. The lowest BCUT2D eigenvalue weighted by molar-refractivity contribution is -0.119. The lowest BCUT2D eigenvalue weighted by atomic mass is 10.1. The van der Waals surface area contributed by atoms with Gasteiger partial charge in [0.1, 0.15) is 0 Å². The van der Waals surface area contributed by atoms with Crippen LogP contribution in [0.25, 0.3) is 11.0 Å². The Hall–Kier alpha value is -2.67. The predicted molar refractivity (Wildman–Crippen MR) is 113 cm³/mol. The first-order chi connectivity index (χ1) is 13.4. The molecule has 0 spiro atoms. The summed E-state index contributed by atoms with van der Waals surface area (Å²) in [6.45, 7) is 7.79. The fourth-order valence-corrected chi connectivity index (χ4v) is 3.74. The Labute approximate surface area is 168 Å². The molecule has 2 aromatic heterocycles. The first-order valence-corrected chi connectivity index (χ1v) is 10.2. The summed E-state index contributed by atoms with van der Waals surface area (Å²) in [5.41, 5.74) is 4.15. The molecule has 0 fully saturated rings. The topological polar surface area (TPSA) is 87.7 Å². The molecule has 0 aliphatic carbocycles. The zero-order valence-electron chi connectivity index (χ0n) is 16.5. The van der Waals surface area contributed by atoms with E-state index in [0.29, 0.717) is 16.2 Å². The second kappa shape index (κ2) is 8.56. The van der Waals surface area contributed by atoms with Crippen molar-refractivity contribution in [2.45, 2.75) is 45.3 Å². The maximum atomic E-state index is 12.3. The number of aromatic amines is 1. The molecule has 146 valence electrons. The van der Waals surface area contributed by atoms with Gasteiger partial charge in [0.25, 0.3) is 5.56 Å². The molecule has 0 saturated heterocycles. The van der Waals surface area contributed by atoms with E-state index in [0.717, 1.165) is 23.2 Å². The Morgan fingerprint density at radius 2 is 1.93 bits per heavy atom. The van der Waals surface area contributed by atoms with E-state index in [1.165, 1.54) is 17.3 Å². The van der Waals surface area contributed by atoms with Crippen LogP contribution >= 0.6 is 11.8 Å². The maximum absolute atomic E-state index is 12.3. The van der Waals surface area contributed by atoms with Gasteiger partial charge in [0.15, 0.2) is 10.8 Å². The molecule has 0 aliphatic heterocycles. The summed E-state index contributed by atoms with van der Waals surface area (Å²) in [6, 6.07) is 10.00. The standard InChI is InChI=1S/C21H24N4O2S/c1-5-15-6-8-16(9-7-15)14(4)23-17(26)11-28-21-24-19-18(20(27)25-21)12(2)10-13(3)22-19/h6-10,14H,5,11H2,1-4H3,(H,23,26)(H,22,24,25,27)/t14-/m1/s1. The van der Waals surface area contributed by atoms with E-state index < -0.39 is 0 Å². The number of aromatic nitrogens is 3. The van der Waals surface area contributed by atoms with Gasteiger partial charge >= 0.3 is 0 Å². The van der Waals surface area contributed by atoms with Crippen LogP contribution in [0.3, 0.4) is 0 Å². The summed E-state index contributed by atoms with van der Waals surface area (Å²) >= 11 is 1.19. The van der Waals surface area contributed by atoms with Crippen LogP contribution in [0, 0.1) is 13.8 Å². The fraction of sp³-hybridized carbons (Fsp3) is 0.333. The minimum absolute atomic E-state index is 0.0883. The predicted octanol–water partition coefficient (Wildman–Crippen LogP) is 3.47. The van der Waals surface area contributed by atoms with Gasteiger partial charge in [0, 0.05) is 5.69 Å². The molecule has 2 heterocycles. The van der Waals surface area contributed by atoms with Crippen LogP contribution in [0.5, 0.6) is 0 Å². The SMILES string of the molecule is CCc1ccc([C@@H](C)NC(=O)CSc2nc3nc(C)cc(C)c3c(=O)[nH]2)cc1. The largest absolute Gasteiger partial charge is 0.349 e. The van der Waals surface area contributed by atoms with Gasteiger partial charge in [-0.2, -0.15) is 0 Å². The van der Waals surface area contributed by atoms with Gasteiger partial charge in [-0.25, -0.2) is 9.97 Å². The molecule has 0 bridgehead atoms. The molecule has 7 heteroatoms. The normalized spacial score (nSPS) is 12.1. The number of benzene rings is 1. The van der Waals surface area contributed by atoms with Crippen molar-refractivity contribution < 1.29 is 4.79 Å². The van der Waals surface area contributed by atoms with Crippen molar-refractivity contribution in [3.63, 3.8) is 0 Å². The van der Waals surface area contributed by atoms with Crippen LogP contribution in [0.15, 0.2) is 40.3 Å². The van der Waals surface area contributed by atoms with Gasteiger partial charge in [-0.3, -0.25) is 9.59 Å². The van der Waals surface area contributed by atoms with Gasteiger partial charge < -0.3 is 10.3 Å². The van der Waals surface area contributed by atoms with Gasteiger partial charge in [0.05, 0.1) is 17.2 Å². The number of hydrogen-bond donors (Lipinski definition) is 2. The number of H-pyrrole nitrogens is 1. The zero-order valence-corrected chi connectivity index (χ0v) is 17.3. The molecule has 2 N–H and O–H groups in total. The molecule has 0 radical (unpaired) electrons. The number of pyridine rings is 1. The first kappa shape index (κ1) is 20.1. The molecule has 1 amide bonds. The smallest absolute Gasteiger partial charge is 0.261 e. The average Bonchev–Trinajstić information content (AvgIpc) is 2.65. The molecule has 3 rings (SSSR count). The van der Waals surface area contributed by atoms with Crippen molar-refractivity contribution in [2.75, 3.05) is 5.75 Å². The Bertz CT molecular complexity index is 1060. The van der Waals surface area contributed by atoms with Gasteiger partial charge in [-0.05, 0) is 49.9 Å². The number of nitrogens with zero attached hydrogens (tertiary/aromatic N) is 2. The number of rotatable bonds is 6. The van der Waals surface area contributed by atoms with E-state index in [-0.39, 0.29) is 23.3 Å². The Morgan fingerprint density at radius 1 is 1.21 bits per heavy atom. The first-order valence-electron chi connectivity index (χ1n) is 9.26. The Kier molecular flexibility index (Phi) is 6.14. The highest BCUT2D eigenvalue weighted by Crippen LogP contribution is 2.18. The number of nitrogens with one attached hydrogen (secondary N) is 2. The number of aryl methyl sites for hydroxylation is 3. The third kappa shape index (κ3) is 4.59. The summed E-state index contributed by atoms with van der Waals surface area (Å²) < 4.78 is 0. The van der Waals surface area contributed by atoms with Crippen LogP contribution in [0.4, 0.5) is 0 Å². The highest BCUT2D eigenvalue weighted by atomic mass is 32.2. The summed E-state index contributed by atoms with van der Waals surface area (Å²) in [6.07, 6.45) is 0.989. The second-order valence-corrected chi connectivity index (χ2v) is 7.79. The maximum Gasteiger partial charge on any atom is 0.261 e. The summed E-state index contributed by atoms with van der Waals surface area (Å²) in [7, 11) is 0. The van der Waals surface area contributed by atoms with E-state index in [2.05, 4.69) is 39.3 Å². The van der Waals surface area contributed by atoms with Crippen molar-refractivity contribution in [3.8, 4) is 0 Å². The van der Waals surface area contributed by atoms with Crippen LogP contribution in [0.1, 0.15) is 42.3 Å². The fourth-order valence-electron chi connectivity index (χ4n) is 3.07. The van der Waals surface area contributed by atoms with Crippen molar-refractivity contribution >= 4 is 28.7 Å². The molecule has 28 heavy (non-hydrogen) atoms. The van der Waals surface area contributed by atoms with E-state index in [9.17, 15) is 9.59 Å². The number of hydrogen-bond acceptors (Lipinski definition) is 5. The van der Waals surface area contributed by atoms with Crippen LogP contribution in [0.2, 0.25) is 0 Å². The van der Waals surface area contributed by atoms with Crippen LogP contribution < -0.4 is 10.9 Å². The third-order valence-electron chi connectivity index (χ3n) is 4.59. The lowest BCUT2D eigenvalue weighted by Gasteiger charge is -2.14. The molecular weight excluding hydrogens is 372 g/mol. The second-order valence-electron chi connectivity index (χ2n) is 6.82. The summed E-state index contributed by atoms with van der Waals surface area (Å²) in [5.74, 6) is 0.0459. The van der Waals surface area contributed by atoms with Crippen molar-refractivity contribution in [3.05, 3.63) is 63.1 Å². The number of thioether (sulfide) groups is 1. The molecule has 3 aromatic rings. The number of carbonyl (C=O) groups excluding carboxylic acids is 1. The molecule has 0 aliphatic rings. The minimum atomic E-state index is -0.234. The minimum Gasteiger partial charge on any atom is -0.349 e. The van der Waals surface area contributed by atoms with Gasteiger partial charge in [-0.1, -0.05) is 43.0 Å². The molecule has 6 nitrogen and oxygen atoms in total. The van der Waals surface area contributed by atoms with Crippen molar-refractivity contribution in [2.24, 2.45) is 0 Å². The third-order valence-corrected chi connectivity index (χ3v) is 5.46. The highest BCUT2D eigenvalue weighted by molar-refractivity contribution is 7.99. The molecule has 0 unspecified atom stereocenters. The highest BCUT2D eigenvalue weighted by Gasteiger charge is 2.13. The van der Waals surface area contributed by atoms with E-state index in [1.807, 2.05) is 39.0 Å². The van der Waals surface area contributed by atoms with Crippen molar-refractivity contribution in [1.82, 2.24) is 20.3 Å². The van der Waals surface area contributed by atoms with Crippen molar-refractivity contribution in [1.29, 1.82) is 0 Å².